The van der Waals surface area contributed by atoms with Crippen molar-refractivity contribution in [3.8, 4) is 5.75 Å². The van der Waals surface area contributed by atoms with Crippen molar-refractivity contribution >= 4 is 5.91 Å². The fraction of sp³-hybridized carbons (Fsp3) is 0.562. The molecule has 0 radical (unpaired) electrons. The molecule has 0 bridgehead atoms. The van der Waals surface area contributed by atoms with Gasteiger partial charge in [-0.1, -0.05) is 19.1 Å². The van der Waals surface area contributed by atoms with Gasteiger partial charge in [0, 0.05) is 32.6 Å². The number of ether oxygens (including phenoxy) is 1. The predicted molar refractivity (Wildman–Crippen MR) is 80.0 cm³/mol. The second-order valence-electron chi connectivity index (χ2n) is 5.08. The molecular weight excluding hydrogens is 252 g/mol. The zero-order valence-corrected chi connectivity index (χ0v) is 12.2. The van der Waals surface area contributed by atoms with Crippen LogP contribution in [0.4, 0.5) is 0 Å². The summed E-state index contributed by atoms with van der Waals surface area (Å²) in [6, 6.07) is 8.16. The first-order valence-electron chi connectivity index (χ1n) is 7.50. The molecule has 0 atom stereocenters. The van der Waals surface area contributed by atoms with E-state index >= 15 is 0 Å². The number of benzene rings is 1. The Kier molecular flexibility index (Phi) is 5.87. The Morgan fingerprint density at radius 2 is 1.95 bits per heavy atom. The number of amides is 1. The standard InChI is InChI=1S/C16H24N2O2/c1-2-14-5-7-15(8-6-14)20-13-3-4-16(19)18-11-9-17-10-12-18/h5-8,17H,2-4,9-13H2,1H3. The van der Waals surface area contributed by atoms with Crippen LogP contribution < -0.4 is 10.1 Å². The third-order valence-electron chi connectivity index (χ3n) is 3.61. The lowest BCUT2D eigenvalue weighted by molar-refractivity contribution is -0.132. The predicted octanol–water partition coefficient (Wildman–Crippen LogP) is 1.84. The molecule has 110 valence electrons. The minimum Gasteiger partial charge on any atom is -0.494 e. The van der Waals surface area contributed by atoms with E-state index in [1.165, 1.54) is 5.56 Å². The number of carbonyl (C=O) groups is 1. The molecule has 2 rings (SSSR count). The Hall–Kier alpha value is -1.55. The van der Waals surface area contributed by atoms with E-state index in [1.807, 2.05) is 17.0 Å². The summed E-state index contributed by atoms with van der Waals surface area (Å²) in [7, 11) is 0. The number of nitrogens with one attached hydrogen (secondary N) is 1. The second-order valence-corrected chi connectivity index (χ2v) is 5.08. The van der Waals surface area contributed by atoms with Crippen molar-refractivity contribution in [2.24, 2.45) is 0 Å². The lowest BCUT2D eigenvalue weighted by Crippen LogP contribution is -2.46. The number of carbonyl (C=O) groups excluding carboxylic acids is 1. The third kappa shape index (κ3) is 4.53. The first-order valence-corrected chi connectivity index (χ1v) is 7.50. The van der Waals surface area contributed by atoms with Crippen molar-refractivity contribution in [3.63, 3.8) is 0 Å². The molecule has 1 aromatic rings. The molecule has 0 spiro atoms. The van der Waals surface area contributed by atoms with E-state index in [-0.39, 0.29) is 5.91 Å². The molecule has 1 amide bonds. The Morgan fingerprint density at radius 3 is 2.60 bits per heavy atom. The van der Waals surface area contributed by atoms with E-state index in [0.717, 1.165) is 44.8 Å². The van der Waals surface area contributed by atoms with Crippen LogP contribution in [0.1, 0.15) is 25.3 Å². The number of aryl methyl sites for hydroxylation is 1. The molecule has 0 aliphatic carbocycles. The van der Waals surface area contributed by atoms with Crippen molar-refractivity contribution in [2.45, 2.75) is 26.2 Å². The first kappa shape index (κ1) is 14.9. The number of piperazine rings is 1. The quantitative estimate of drug-likeness (QED) is 0.806. The molecule has 0 saturated carbocycles. The van der Waals surface area contributed by atoms with Gasteiger partial charge in [0.15, 0.2) is 0 Å². The maximum absolute atomic E-state index is 11.9. The molecule has 1 fully saturated rings. The highest BCUT2D eigenvalue weighted by Crippen LogP contribution is 2.13. The average molecular weight is 276 g/mol. The summed E-state index contributed by atoms with van der Waals surface area (Å²) in [4.78, 5) is 13.9. The van der Waals surface area contributed by atoms with Gasteiger partial charge in [-0.15, -0.1) is 0 Å². The summed E-state index contributed by atoms with van der Waals surface area (Å²) in [6.45, 7) is 6.22. The van der Waals surface area contributed by atoms with Crippen molar-refractivity contribution in [3.05, 3.63) is 29.8 Å². The summed E-state index contributed by atoms with van der Waals surface area (Å²) >= 11 is 0. The van der Waals surface area contributed by atoms with Crippen LogP contribution in [-0.2, 0) is 11.2 Å². The van der Waals surface area contributed by atoms with Gasteiger partial charge in [-0.3, -0.25) is 4.79 Å². The Morgan fingerprint density at radius 1 is 1.25 bits per heavy atom. The van der Waals surface area contributed by atoms with Crippen LogP contribution in [0.2, 0.25) is 0 Å². The van der Waals surface area contributed by atoms with Crippen LogP contribution in [-0.4, -0.2) is 43.6 Å². The fourth-order valence-electron chi connectivity index (χ4n) is 2.31. The minimum absolute atomic E-state index is 0.247. The van der Waals surface area contributed by atoms with Crippen LogP contribution in [0.15, 0.2) is 24.3 Å². The summed E-state index contributed by atoms with van der Waals surface area (Å²) in [5.74, 6) is 1.13. The third-order valence-corrected chi connectivity index (χ3v) is 3.61. The van der Waals surface area contributed by atoms with Gasteiger partial charge < -0.3 is 15.0 Å². The average Bonchev–Trinajstić information content (AvgIpc) is 2.53. The molecule has 1 aliphatic heterocycles. The molecule has 1 saturated heterocycles. The lowest BCUT2D eigenvalue weighted by atomic mass is 10.2. The maximum atomic E-state index is 11.9. The molecule has 1 N–H and O–H groups in total. The molecular formula is C16H24N2O2. The Bertz CT molecular complexity index is 411. The van der Waals surface area contributed by atoms with E-state index in [1.54, 1.807) is 0 Å². The SMILES string of the molecule is CCc1ccc(OCCCC(=O)N2CCNCC2)cc1. The van der Waals surface area contributed by atoms with Gasteiger partial charge in [-0.25, -0.2) is 0 Å². The normalized spacial score (nSPS) is 15.2. The van der Waals surface area contributed by atoms with E-state index in [2.05, 4.69) is 24.4 Å². The molecule has 0 unspecified atom stereocenters. The summed E-state index contributed by atoms with van der Waals surface area (Å²) in [5.41, 5.74) is 1.31. The van der Waals surface area contributed by atoms with Crippen LogP contribution >= 0.6 is 0 Å². The van der Waals surface area contributed by atoms with E-state index in [9.17, 15) is 4.79 Å². The van der Waals surface area contributed by atoms with E-state index < -0.39 is 0 Å². The maximum Gasteiger partial charge on any atom is 0.222 e. The van der Waals surface area contributed by atoms with Crippen LogP contribution in [0.5, 0.6) is 5.75 Å². The topological polar surface area (TPSA) is 41.6 Å². The van der Waals surface area contributed by atoms with Gasteiger partial charge in [0.25, 0.3) is 0 Å². The van der Waals surface area contributed by atoms with Gasteiger partial charge in [0.05, 0.1) is 6.61 Å². The largest absolute Gasteiger partial charge is 0.494 e. The van der Waals surface area contributed by atoms with Crippen LogP contribution in [0.3, 0.4) is 0 Å². The zero-order valence-electron chi connectivity index (χ0n) is 12.2. The van der Waals surface area contributed by atoms with Gasteiger partial charge in [-0.2, -0.15) is 0 Å². The molecule has 1 aromatic carbocycles. The highest BCUT2D eigenvalue weighted by atomic mass is 16.5. The number of nitrogens with zero attached hydrogens (tertiary/aromatic N) is 1. The van der Waals surface area contributed by atoms with Gasteiger partial charge >= 0.3 is 0 Å². The van der Waals surface area contributed by atoms with Crippen molar-refractivity contribution in [2.75, 3.05) is 32.8 Å². The molecule has 0 aromatic heterocycles. The highest BCUT2D eigenvalue weighted by Gasteiger charge is 2.15. The van der Waals surface area contributed by atoms with Crippen molar-refractivity contribution in [1.82, 2.24) is 10.2 Å². The summed E-state index contributed by atoms with van der Waals surface area (Å²) in [5, 5.41) is 3.25. The molecule has 4 heteroatoms. The summed E-state index contributed by atoms with van der Waals surface area (Å²) < 4.78 is 5.66. The summed E-state index contributed by atoms with van der Waals surface area (Å²) in [6.07, 6.45) is 2.39. The number of hydrogen-bond acceptors (Lipinski definition) is 3. The van der Waals surface area contributed by atoms with Crippen LogP contribution in [0, 0.1) is 0 Å². The van der Waals surface area contributed by atoms with Crippen LogP contribution in [0.25, 0.3) is 0 Å². The minimum atomic E-state index is 0.247. The van der Waals surface area contributed by atoms with Gasteiger partial charge in [0.1, 0.15) is 5.75 Å². The molecule has 20 heavy (non-hydrogen) atoms. The smallest absolute Gasteiger partial charge is 0.222 e. The molecule has 4 nitrogen and oxygen atoms in total. The first-order chi connectivity index (χ1) is 9.79. The Balaban J connectivity index is 1.64. The van der Waals surface area contributed by atoms with Gasteiger partial charge in [-0.05, 0) is 30.5 Å². The van der Waals surface area contributed by atoms with E-state index in [4.69, 9.17) is 4.74 Å². The number of hydrogen-bond donors (Lipinski definition) is 1. The zero-order chi connectivity index (χ0) is 14.2. The number of rotatable bonds is 6. The fourth-order valence-corrected chi connectivity index (χ4v) is 2.31. The Labute approximate surface area is 121 Å². The lowest BCUT2D eigenvalue weighted by Gasteiger charge is -2.27. The van der Waals surface area contributed by atoms with Crippen molar-refractivity contribution < 1.29 is 9.53 Å². The monoisotopic (exact) mass is 276 g/mol. The van der Waals surface area contributed by atoms with E-state index in [0.29, 0.717) is 13.0 Å². The van der Waals surface area contributed by atoms with Gasteiger partial charge in [0.2, 0.25) is 5.91 Å². The molecule has 1 aliphatic rings. The molecule has 1 heterocycles. The van der Waals surface area contributed by atoms with Crippen molar-refractivity contribution in [1.29, 1.82) is 0 Å². The second kappa shape index (κ2) is 7.90. The highest BCUT2D eigenvalue weighted by molar-refractivity contribution is 5.76.